The van der Waals surface area contributed by atoms with E-state index in [2.05, 4.69) is 5.32 Å². The maximum absolute atomic E-state index is 13.9. The Labute approximate surface area is 146 Å². The van der Waals surface area contributed by atoms with Crippen LogP contribution in [0.3, 0.4) is 0 Å². The van der Waals surface area contributed by atoms with E-state index in [9.17, 15) is 14.0 Å². The fourth-order valence-corrected chi connectivity index (χ4v) is 2.80. The summed E-state index contributed by atoms with van der Waals surface area (Å²) in [7, 11) is 0. The van der Waals surface area contributed by atoms with Crippen LogP contribution in [0.5, 0.6) is 0 Å². The average molecular weight is 340 g/mol. The van der Waals surface area contributed by atoms with Crippen molar-refractivity contribution in [1.82, 2.24) is 4.90 Å². The van der Waals surface area contributed by atoms with Gasteiger partial charge in [0.25, 0.3) is 0 Å². The van der Waals surface area contributed by atoms with E-state index in [1.807, 2.05) is 4.90 Å². The molecule has 4 nitrogen and oxygen atoms in total. The molecule has 1 amide bonds. The Morgan fingerprint density at radius 3 is 2.60 bits per heavy atom. The highest BCUT2D eigenvalue weighted by atomic mass is 19.1. The number of ketones is 1. The number of halogens is 1. The summed E-state index contributed by atoms with van der Waals surface area (Å²) in [6.45, 7) is 2.10. The molecule has 3 rings (SSSR count). The highest BCUT2D eigenvalue weighted by Gasteiger charge is 2.30. The van der Waals surface area contributed by atoms with Gasteiger partial charge in [-0.2, -0.15) is 0 Å². The normalized spacial score (nSPS) is 13.7. The average Bonchev–Trinajstić information content (AvgIpc) is 3.41. The van der Waals surface area contributed by atoms with Gasteiger partial charge in [-0.1, -0.05) is 30.3 Å². The maximum atomic E-state index is 13.9. The zero-order chi connectivity index (χ0) is 17.8. The van der Waals surface area contributed by atoms with E-state index in [4.69, 9.17) is 0 Å². The highest BCUT2D eigenvalue weighted by Crippen LogP contribution is 2.28. The third-order valence-electron chi connectivity index (χ3n) is 4.29. The van der Waals surface area contributed by atoms with Gasteiger partial charge in [0.1, 0.15) is 5.82 Å². The zero-order valence-corrected chi connectivity index (χ0v) is 14.2. The molecular weight excluding hydrogens is 319 g/mol. The van der Waals surface area contributed by atoms with Gasteiger partial charge in [0.2, 0.25) is 5.91 Å². The number of anilines is 1. The summed E-state index contributed by atoms with van der Waals surface area (Å²) >= 11 is 0. The van der Waals surface area contributed by atoms with Crippen LogP contribution in [-0.2, 0) is 11.3 Å². The quantitative estimate of drug-likeness (QED) is 0.783. The molecule has 0 aliphatic heterocycles. The van der Waals surface area contributed by atoms with Crippen LogP contribution < -0.4 is 5.32 Å². The van der Waals surface area contributed by atoms with Crippen LogP contribution in [0.4, 0.5) is 10.1 Å². The Kier molecular flexibility index (Phi) is 5.24. The molecule has 1 aliphatic carbocycles. The second-order valence-electron chi connectivity index (χ2n) is 6.41. The zero-order valence-electron chi connectivity index (χ0n) is 14.2. The van der Waals surface area contributed by atoms with Crippen molar-refractivity contribution >= 4 is 17.4 Å². The van der Waals surface area contributed by atoms with Gasteiger partial charge in [-0.3, -0.25) is 14.5 Å². The number of nitrogens with zero attached hydrogens (tertiary/aromatic N) is 1. The third-order valence-corrected chi connectivity index (χ3v) is 4.29. The molecule has 130 valence electrons. The largest absolute Gasteiger partial charge is 0.325 e. The first-order valence-corrected chi connectivity index (χ1v) is 8.41. The number of nitrogens with one attached hydrogen (secondary N) is 1. The van der Waals surface area contributed by atoms with Crippen molar-refractivity contribution in [2.24, 2.45) is 0 Å². The summed E-state index contributed by atoms with van der Waals surface area (Å²) in [5, 5.41) is 2.82. The lowest BCUT2D eigenvalue weighted by molar-refractivity contribution is -0.117. The first-order chi connectivity index (χ1) is 12.0. The summed E-state index contributed by atoms with van der Waals surface area (Å²) in [6.07, 6.45) is 2.06. The van der Waals surface area contributed by atoms with E-state index >= 15 is 0 Å². The molecule has 1 aliphatic rings. The molecule has 2 aromatic rings. The number of benzene rings is 2. The van der Waals surface area contributed by atoms with Crippen LogP contribution in [0, 0.1) is 5.82 Å². The standard InChI is InChI=1S/C20H21FN2O2/c1-14(24)15-6-4-7-17(11-15)22-20(25)13-23(18-9-10-18)12-16-5-2-3-8-19(16)21/h2-8,11,18H,9-10,12-13H2,1H3,(H,22,25). The van der Waals surface area contributed by atoms with Crippen molar-refractivity contribution in [2.45, 2.75) is 32.4 Å². The molecule has 0 atom stereocenters. The van der Waals surface area contributed by atoms with Crippen LogP contribution in [0.15, 0.2) is 48.5 Å². The van der Waals surface area contributed by atoms with E-state index in [1.54, 1.807) is 42.5 Å². The minimum absolute atomic E-state index is 0.0461. The number of carbonyl (C=O) groups excluding carboxylic acids is 2. The lowest BCUT2D eigenvalue weighted by atomic mass is 10.1. The van der Waals surface area contributed by atoms with Gasteiger partial charge in [-0.15, -0.1) is 0 Å². The number of hydrogen-bond acceptors (Lipinski definition) is 3. The van der Waals surface area contributed by atoms with E-state index in [-0.39, 0.29) is 24.1 Å². The van der Waals surface area contributed by atoms with Crippen LogP contribution in [0.25, 0.3) is 0 Å². The van der Waals surface area contributed by atoms with Crippen molar-refractivity contribution in [3.8, 4) is 0 Å². The summed E-state index contributed by atoms with van der Waals surface area (Å²) in [6, 6.07) is 13.9. The fraction of sp³-hybridized carbons (Fsp3) is 0.300. The van der Waals surface area contributed by atoms with E-state index < -0.39 is 0 Å². The first-order valence-electron chi connectivity index (χ1n) is 8.41. The molecule has 0 aromatic heterocycles. The number of carbonyl (C=O) groups is 2. The van der Waals surface area contributed by atoms with Crippen molar-refractivity contribution in [1.29, 1.82) is 0 Å². The van der Waals surface area contributed by atoms with E-state index in [1.165, 1.54) is 13.0 Å². The molecule has 1 fully saturated rings. The molecule has 2 aromatic carbocycles. The predicted octanol–water partition coefficient (Wildman–Crippen LogP) is 3.63. The number of amides is 1. The van der Waals surface area contributed by atoms with Crippen LogP contribution >= 0.6 is 0 Å². The molecule has 0 spiro atoms. The van der Waals surface area contributed by atoms with Gasteiger partial charge < -0.3 is 5.32 Å². The minimum Gasteiger partial charge on any atom is -0.325 e. The van der Waals surface area contributed by atoms with E-state index in [0.29, 0.717) is 29.4 Å². The summed E-state index contributed by atoms with van der Waals surface area (Å²) < 4.78 is 13.9. The second kappa shape index (κ2) is 7.57. The number of hydrogen-bond donors (Lipinski definition) is 1. The lowest BCUT2D eigenvalue weighted by Gasteiger charge is -2.21. The summed E-state index contributed by atoms with van der Waals surface area (Å²) in [5.74, 6) is -0.457. The van der Waals surface area contributed by atoms with Crippen molar-refractivity contribution in [2.75, 3.05) is 11.9 Å². The third kappa shape index (κ3) is 4.73. The van der Waals surface area contributed by atoms with Crippen molar-refractivity contribution < 1.29 is 14.0 Å². The molecule has 0 heterocycles. The predicted molar refractivity (Wildman–Crippen MR) is 94.9 cm³/mol. The van der Waals surface area contributed by atoms with Gasteiger partial charge in [0.05, 0.1) is 6.54 Å². The molecular formula is C20H21FN2O2. The summed E-state index contributed by atoms with van der Waals surface area (Å²) in [5.41, 5.74) is 1.75. The topological polar surface area (TPSA) is 49.4 Å². The molecule has 0 saturated heterocycles. The monoisotopic (exact) mass is 340 g/mol. The summed E-state index contributed by atoms with van der Waals surface area (Å²) in [4.78, 5) is 25.8. The molecule has 0 unspecified atom stereocenters. The molecule has 25 heavy (non-hydrogen) atoms. The van der Waals surface area contributed by atoms with E-state index in [0.717, 1.165) is 12.8 Å². The van der Waals surface area contributed by atoms with Crippen molar-refractivity contribution in [3.05, 3.63) is 65.5 Å². The minimum atomic E-state index is -0.247. The Hall–Kier alpha value is -2.53. The second-order valence-corrected chi connectivity index (χ2v) is 6.41. The van der Waals surface area contributed by atoms with Gasteiger partial charge in [0.15, 0.2) is 5.78 Å². The van der Waals surface area contributed by atoms with Crippen molar-refractivity contribution in [3.63, 3.8) is 0 Å². The molecule has 1 saturated carbocycles. The molecule has 0 radical (unpaired) electrons. The highest BCUT2D eigenvalue weighted by molar-refractivity contribution is 5.97. The fourth-order valence-electron chi connectivity index (χ4n) is 2.80. The van der Waals surface area contributed by atoms with Gasteiger partial charge in [0, 0.05) is 29.4 Å². The van der Waals surface area contributed by atoms with Crippen LogP contribution in [0.1, 0.15) is 35.7 Å². The van der Waals surface area contributed by atoms with Gasteiger partial charge in [-0.05, 0) is 38.0 Å². The Morgan fingerprint density at radius 1 is 1.16 bits per heavy atom. The Balaban J connectivity index is 1.64. The maximum Gasteiger partial charge on any atom is 0.238 e. The SMILES string of the molecule is CC(=O)c1cccc(NC(=O)CN(Cc2ccccc2F)C2CC2)c1. The Bertz CT molecular complexity index is 787. The molecule has 1 N–H and O–H groups in total. The number of Topliss-reactive ketones (excluding diaryl/α,β-unsaturated/α-hetero) is 1. The van der Waals surface area contributed by atoms with Gasteiger partial charge in [-0.25, -0.2) is 4.39 Å². The molecule has 5 heteroatoms. The number of rotatable bonds is 7. The Morgan fingerprint density at radius 2 is 1.92 bits per heavy atom. The van der Waals surface area contributed by atoms with Crippen LogP contribution in [0.2, 0.25) is 0 Å². The van der Waals surface area contributed by atoms with Crippen LogP contribution in [-0.4, -0.2) is 29.2 Å². The van der Waals surface area contributed by atoms with Gasteiger partial charge >= 0.3 is 0 Å². The molecule has 0 bridgehead atoms. The lowest BCUT2D eigenvalue weighted by Crippen LogP contribution is -2.34. The first kappa shape index (κ1) is 17.3. The smallest absolute Gasteiger partial charge is 0.238 e.